The van der Waals surface area contributed by atoms with Crippen LogP contribution in [0.4, 0.5) is 0 Å². The first-order chi connectivity index (χ1) is 7.15. The largest absolute Gasteiger partial charge is 0.320 e. The highest BCUT2D eigenvalue weighted by Crippen LogP contribution is 2.17. The van der Waals surface area contributed by atoms with Crippen LogP contribution < -0.4 is 5.32 Å². The zero-order valence-electron chi connectivity index (χ0n) is 9.14. The Bertz CT molecular complexity index is 349. The zero-order chi connectivity index (χ0) is 11.3. The van der Waals surface area contributed by atoms with E-state index in [4.69, 9.17) is 0 Å². The van der Waals surface area contributed by atoms with Crippen molar-refractivity contribution in [2.24, 2.45) is 0 Å². The average molecular weight is 270 g/mol. The van der Waals surface area contributed by atoms with Crippen molar-refractivity contribution >= 4 is 21.7 Å². The Kier molecular flexibility index (Phi) is 4.99. The number of carbonyl (C=O) groups excluding carboxylic acids is 1. The number of ketones is 1. The minimum absolute atomic E-state index is 0.226. The van der Waals surface area contributed by atoms with Crippen molar-refractivity contribution in [1.29, 1.82) is 0 Å². The number of benzene rings is 1. The van der Waals surface area contributed by atoms with Gasteiger partial charge in [0, 0.05) is 16.5 Å². The molecule has 1 N–H and O–H groups in total. The molecule has 0 unspecified atom stereocenters. The summed E-state index contributed by atoms with van der Waals surface area (Å²) in [5.41, 5.74) is 1.88. The van der Waals surface area contributed by atoms with Gasteiger partial charge in [-0.1, -0.05) is 22.0 Å². The molecule has 2 nitrogen and oxygen atoms in total. The lowest BCUT2D eigenvalue weighted by molar-refractivity contribution is 0.0979. The molecule has 3 heteroatoms. The topological polar surface area (TPSA) is 29.1 Å². The number of aryl methyl sites for hydroxylation is 1. The lowest BCUT2D eigenvalue weighted by Crippen LogP contribution is -2.10. The first-order valence-corrected chi connectivity index (χ1v) is 5.88. The molecule has 0 atom stereocenters. The molecular formula is C12H16BrNO. The molecular weight excluding hydrogens is 254 g/mol. The Morgan fingerprint density at radius 3 is 2.87 bits per heavy atom. The van der Waals surface area contributed by atoms with Gasteiger partial charge in [-0.25, -0.2) is 0 Å². The van der Waals surface area contributed by atoms with E-state index in [2.05, 4.69) is 21.2 Å². The van der Waals surface area contributed by atoms with E-state index in [1.807, 2.05) is 32.2 Å². The van der Waals surface area contributed by atoms with Gasteiger partial charge in [-0.05, 0) is 44.6 Å². The molecule has 0 aliphatic heterocycles. The zero-order valence-corrected chi connectivity index (χ0v) is 10.7. The third kappa shape index (κ3) is 3.76. The van der Waals surface area contributed by atoms with Gasteiger partial charge in [-0.15, -0.1) is 0 Å². The number of Topliss-reactive ketones (excluding diaryl/α,β-unsaturated/α-hetero) is 1. The first kappa shape index (κ1) is 12.4. The van der Waals surface area contributed by atoms with Gasteiger partial charge >= 0.3 is 0 Å². The van der Waals surface area contributed by atoms with Gasteiger partial charge in [0.25, 0.3) is 0 Å². The Hall–Kier alpha value is -0.670. The number of nitrogens with one attached hydrogen (secondary N) is 1. The van der Waals surface area contributed by atoms with Crippen molar-refractivity contribution in [2.75, 3.05) is 13.6 Å². The molecule has 1 rings (SSSR count). The molecule has 0 spiro atoms. The second-order valence-corrected chi connectivity index (χ2v) is 4.51. The summed E-state index contributed by atoms with van der Waals surface area (Å²) in [6.45, 7) is 2.86. The molecule has 0 radical (unpaired) electrons. The lowest BCUT2D eigenvalue weighted by atomic mass is 10.0. The normalized spacial score (nSPS) is 10.3. The fraction of sp³-hybridized carbons (Fsp3) is 0.417. The van der Waals surface area contributed by atoms with E-state index in [1.165, 1.54) is 0 Å². The van der Waals surface area contributed by atoms with Crippen LogP contribution in [0.5, 0.6) is 0 Å². The van der Waals surface area contributed by atoms with E-state index >= 15 is 0 Å². The minimum Gasteiger partial charge on any atom is -0.320 e. The van der Waals surface area contributed by atoms with Gasteiger partial charge in [-0.2, -0.15) is 0 Å². The predicted molar refractivity (Wildman–Crippen MR) is 66.4 cm³/mol. The Morgan fingerprint density at radius 1 is 1.47 bits per heavy atom. The Labute approximate surface area is 99.2 Å². The smallest absolute Gasteiger partial charge is 0.163 e. The van der Waals surface area contributed by atoms with Crippen LogP contribution in [0.1, 0.15) is 28.8 Å². The van der Waals surface area contributed by atoms with Crippen molar-refractivity contribution in [3.63, 3.8) is 0 Å². The van der Waals surface area contributed by atoms with Crippen LogP contribution in [-0.4, -0.2) is 19.4 Å². The molecule has 15 heavy (non-hydrogen) atoms. The monoisotopic (exact) mass is 269 g/mol. The van der Waals surface area contributed by atoms with Gasteiger partial charge in [0.15, 0.2) is 5.78 Å². The summed E-state index contributed by atoms with van der Waals surface area (Å²) in [5.74, 6) is 0.226. The average Bonchev–Trinajstić information content (AvgIpc) is 2.22. The van der Waals surface area contributed by atoms with Crippen LogP contribution >= 0.6 is 15.9 Å². The number of hydrogen-bond donors (Lipinski definition) is 1. The maximum absolute atomic E-state index is 11.8. The maximum Gasteiger partial charge on any atom is 0.163 e. The van der Waals surface area contributed by atoms with Crippen molar-refractivity contribution < 1.29 is 4.79 Å². The van der Waals surface area contributed by atoms with E-state index in [0.717, 1.165) is 28.6 Å². The van der Waals surface area contributed by atoms with Gasteiger partial charge < -0.3 is 5.32 Å². The van der Waals surface area contributed by atoms with Gasteiger partial charge in [-0.3, -0.25) is 4.79 Å². The van der Waals surface area contributed by atoms with Crippen LogP contribution in [0, 0.1) is 6.92 Å². The van der Waals surface area contributed by atoms with E-state index in [-0.39, 0.29) is 5.78 Å². The van der Waals surface area contributed by atoms with Crippen LogP contribution in [-0.2, 0) is 0 Å². The standard InChI is InChI=1S/C12H16BrNO/c1-9-5-6-10(13)8-11(9)12(15)4-3-7-14-2/h5-6,8,14H,3-4,7H2,1-2H3. The van der Waals surface area contributed by atoms with E-state index < -0.39 is 0 Å². The summed E-state index contributed by atoms with van der Waals surface area (Å²) in [5, 5.41) is 3.04. The molecule has 0 bridgehead atoms. The molecule has 1 aromatic rings. The second-order valence-electron chi connectivity index (χ2n) is 3.59. The quantitative estimate of drug-likeness (QED) is 0.658. The summed E-state index contributed by atoms with van der Waals surface area (Å²) >= 11 is 3.38. The van der Waals surface area contributed by atoms with Crippen LogP contribution in [0.15, 0.2) is 22.7 Å². The summed E-state index contributed by atoms with van der Waals surface area (Å²) < 4.78 is 0.963. The number of rotatable bonds is 5. The van der Waals surface area contributed by atoms with Crippen molar-refractivity contribution in [2.45, 2.75) is 19.8 Å². The third-order valence-electron chi connectivity index (χ3n) is 2.33. The fourth-order valence-corrected chi connectivity index (χ4v) is 1.82. The van der Waals surface area contributed by atoms with E-state index in [0.29, 0.717) is 6.42 Å². The van der Waals surface area contributed by atoms with Crippen LogP contribution in [0.2, 0.25) is 0 Å². The van der Waals surface area contributed by atoms with E-state index in [1.54, 1.807) is 0 Å². The molecule has 1 aromatic carbocycles. The molecule has 0 saturated carbocycles. The second kappa shape index (κ2) is 6.03. The molecule has 0 heterocycles. The number of hydrogen-bond acceptors (Lipinski definition) is 2. The molecule has 82 valence electrons. The highest BCUT2D eigenvalue weighted by molar-refractivity contribution is 9.10. The molecule has 0 saturated heterocycles. The molecule has 0 aromatic heterocycles. The summed E-state index contributed by atoms with van der Waals surface area (Å²) in [6.07, 6.45) is 1.50. The minimum atomic E-state index is 0.226. The Balaban J connectivity index is 2.68. The van der Waals surface area contributed by atoms with Gasteiger partial charge in [0.1, 0.15) is 0 Å². The van der Waals surface area contributed by atoms with Gasteiger partial charge in [0.05, 0.1) is 0 Å². The summed E-state index contributed by atoms with van der Waals surface area (Å²) in [7, 11) is 1.90. The van der Waals surface area contributed by atoms with Crippen LogP contribution in [0.3, 0.4) is 0 Å². The predicted octanol–water partition coefficient (Wildman–Crippen LogP) is 2.94. The highest BCUT2D eigenvalue weighted by atomic mass is 79.9. The number of halogens is 1. The lowest BCUT2D eigenvalue weighted by Gasteiger charge is -2.05. The molecule has 0 amide bonds. The summed E-state index contributed by atoms with van der Waals surface area (Å²) in [4.78, 5) is 11.8. The van der Waals surface area contributed by atoms with Crippen molar-refractivity contribution in [3.05, 3.63) is 33.8 Å². The SMILES string of the molecule is CNCCCC(=O)c1cc(Br)ccc1C. The Morgan fingerprint density at radius 2 is 2.20 bits per heavy atom. The van der Waals surface area contributed by atoms with Gasteiger partial charge in [0.2, 0.25) is 0 Å². The highest BCUT2D eigenvalue weighted by Gasteiger charge is 2.08. The molecule has 0 fully saturated rings. The number of carbonyl (C=O) groups is 1. The van der Waals surface area contributed by atoms with Crippen molar-refractivity contribution in [1.82, 2.24) is 5.32 Å². The summed E-state index contributed by atoms with van der Waals surface area (Å²) in [6, 6.07) is 5.83. The molecule has 0 aliphatic carbocycles. The molecule has 0 aliphatic rings. The third-order valence-corrected chi connectivity index (χ3v) is 2.82. The maximum atomic E-state index is 11.8. The van der Waals surface area contributed by atoms with E-state index in [9.17, 15) is 4.79 Å². The van der Waals surface area contributed by atoms with Crippen molar-refractivity contribution in [3.8, 4) is 0 Å². The first-order valence-electron chi connectivity index (χ1n) is 5.09. The van der Waals surface area contributed by atoms with Crippen LogP contribution in [0.25, 0.3) is 0 Å². The fourth-order valence-electron chi connectivity index (χ4n) is 1.46.